The Bertz CT molecular complexity index is 137. The van der Waals surface area contributed by atoms with Crippen LogP contribution in [-0.2, 0) is 9.47 Å². The third-order valence-electron chi connectivity index (χ3n) is 1.41. The highest BCUT2D eigenvalue weighted by Crippen LogP contribution is 2.01. The van der Waals surface area contributed by atoms with Crippen molar-refractivity contribution in [2.75, 3.05) is 20.8 Å². The smallest absolute Gasteiger partial charge is 0.318 e. The second kappa shape index (κ2) is 5.79. The molecule has 0 spiro atoms. The molecule has 0 heterocycles. The molecule has 2 amide bonds. The first kappa shape index (κ1) is 11.2. The summed E-state index contributed by atoms with van der Waals surface area (Å²) in [5, 5.41) is 0. The van der Waals surface area contributed by atoms with Crippen LogP contribution in [0.15, 0.2) is 0 Å². The van der Waals surface area contributed by atoms with Gasteiger partial charge in [-0.3, -0.25) is 4.90 Å². The lowest BCUT2D eigenvalue weighted by atomic mass is 10.4. The number of carbonyl (C=O) groups excluding carboxylic acids is 1. The molecule has 0 unspecified atom stereocenters. The van der Waals surface area contributed by atoms with Gasteiger partial charge in [-0.05, 0) is 6.42 Å². The molecular weight excluding hydrogens is 160 g/mol. The molecule has 12 heavy (non-hydrogen) atoms. The molecule has 0 atom stereocenters. The Kier molecular flexibility index (Phi) is 5.40. The fraction of sp³-hybridized carbons (Fsp3) is 0.857. The van der Waals surface area contributed by atoms with Gasteiger partial charge in [-0.1, -0.05) is 6.92 Å². The van der Waals surface area contributed by atoms with Crippen LogP contribution in [0.2, 0.25) is 0 Å². The van der Waals surface area contributed by atoms with Crippen molar-refractivity contribution in [3.8, 4) is 0 Å². The molecular formula is C7H16N2O3. The Morgan fingerprint density at radius 3 is 2.25 bits per heavy atom. The molecule has 0 rings (SSSR count). The molecule has 0 fully saturated rings. The van der Waals surface area contributed by atoms with Gasteiger partial charge < -0.3 is 15.2 Å². The first-order valence-electron chi connectivity index (χ1n) is 3.79. The van der Waals surface area contributed by atoms with Gasteiger partial charge in [-0.25, -0.2) is 4.79 Å². The predicted molar refractivity (Wildman–Crippen MR) is 44.4 cm³/mol. The summed E-state index contributed by atoms with van der Waals surface area (Å²) in [4.78, 5) is 12.2. The van der Waals surface area contributed by atoms with Gasteiger partial charge >= 0.3 is 6.03 Å². The zero-order chi connectivity index (χ0) is 9.56. The molecule has 2 N–H and O–H groups in total. The molecule has 0 aliphatic heterocycles. The number of ether oxygens (including phenoxy) is 2. The van der Waals surface area contributed by atoms with Crippen LogP contribution in [-0.4, -0.2) is 38.1 Å². The van der Waals surface area contributed by atoms with E-state index in [2.05, 4.69) is 0 Å². The molecule has 0 aromatic carbocycles. The van der Waals surface area contributed by atoms with Crippen LogP contribution in [0.4, 0.5) is 4.79 Å². The Hall–Kier alpha value is -0.810. The number of methoxy groups -OCH3 is 2. The number of primary amides is 1. The summed E-state index contributed by atoms with van der Waals surface area (Å²) in [6.07, 6.45) is 0.133. The van der Waals surface area contributed by atoms with Crippen LogP contribution in [0.3, 0.4) is 0 Å². The highest BCUT2D eigenvalue weighted by molar-refractivity contribution is 5.72. The second-order valence-corrected chi connectivity index (χ2v) is 2.31. The molecule has 0 saturated heterocycles. The van der Waals surface area contributed by atoms with E-state index in [1.807, 2.05) is 6.92 Å². The number of carbonyl (C=O) groups is 1. The summed E-state index contributed by atoms with van der Waals surface area (Å²) in [6.45, 7) is 2.47. The number of hydrogen-bond acceptors (Lipinski definition) is 3. The fourth-order valence-corrected chi connectivity index (χ4v) is 0.911. The van der Waals surface area contributed by atoms with E-state index in [0.29, 0.717) is 6.54 Å². The molecule has 0 bridgehead atoms. The van der Waals surface area contributed by atoms with Crippen molar-refractivity contribution in [2.24, 2.45) is 5.73 Å². The number of nitrogens with two attached hydrogens (primary N) is 1. The van der Waals surface area contributed by atoms with Gasteiger partial charge in [0.2, 0.25) is 6.41 Å². The van der Waals surface area contributed by atoms with Crippen molar-refractivity contribution in [1.82, 2.24) is 4.90 Å². The van der Waals surface area contributed by atoms with Crippen molar-refractivity contribution in [3.05, 3.63) is 0 Å². The van der Waals surface area contributed by atoms with Crippen molar-refractivity contribution in [3.63, 3.8) is 0 Å². The maximum atomic E-state index is 10.8. The van der Waals surface area contributed by atoms with Crippen LogP contribution in [0.1, 0.15) is 13.3 Å². The average Bonchev–Trinajstić information content (AvgIpc) is 2.05. The molecule has 5 heteroatoms. The Morgan fingerprint density at radius 2 is 2.00 bits per heavy atom. The van der Waals surface area contributed by atoms with Gasteiger partial charge in [0.25, 0.3) is 0 Å². The summed E-state index contributed by atoms with van der Waals surface area (Å²) in [5.41, 5.74) is 5.10. The standard InChI is InChI=1S/C7H16N2O3/c1-4-5-9(6(8)10)7(11-2)12-3/h7H,4-5H2,1-3H3,(H2,8,10). The third kappa shape index (κ3) is 3.06. The minimum Gasteiger partial charge on any atom is -0.351 e. The largest absolute Gasteiger partial charge is 0.351 e. The molecule has 0 aromatic heterocycles. The lowest BCUT2D eigenvalue weighted by molar-refractivity contribution is -0.176. The van der Waals surface area contributed by atoms with E-state index in [9.17, 15) is 4.79 Å². The lowest BCUT2D eigenvalue weighted by Gasteiger charge is -2.26. The fourth-order valence-electron chi connectivity index (χ4n) is 0.911. The zero-order valence-electron chi connectivity index (χ0n) is 7.74. The van der Waals surface area contributed by atoms with E-state index in [4.69, 9.17) is 15.2 Å². The molecule has 5 nitrogen and oxygen atoms in total. The average molecular weight is 176 g/mol. The van der Waals surface area contributed by atoms with Gasteiger partial charge in [0.05, 0.1) is 0 Å². The van der Waals surface area contributed by atoms with Crippen molar-refractivity contribution < 1.29 is 14.3 Å². The van der Waals surface area contributed by atoms with Gasteiger partial charge in [-0.2, -0.15) is 0 Å². The van der Waals surface area contributed by atoms with Crippen molar-refractivity contribution >= 4 is 6.03 Å². The van der Waals surface area contributed by atoms with Crippen LogP contribution in [0.25, 0.3) is 0 Å². The zero-order valence-corrected chi connectivity index (χ0v) is 7.74. The Labute approximate surface area is 72.4 Å². The lowest BCUT2D eigenvalue weighted by Crippen LogP contribution is -2.45. The van der Waals surface area contributed by atoms with E-state index in [-0.39, 0.29) is 0 Å². The van der Waals surface area contributed by atoms with E-state index in [1.54, 1.807) is 0 Å². The third-order valence-corrected chi connectivity index (χ3v) is 1.41. The maximum Gasteiger partial charge on any atom is 0.318 e. The molecule has 0 saturated carbocycles. The Morgan fingerprint density at radius 1 is 1.50 bits per heavy atom. The number of amides is 2. The molecule has 0 aliphatic carbocycles. The van der Waals surface area contributed by atoms with Crippen molar-refractivity contribution in [1.29, 1.82) is 0 Å². The molecule has 72 valence electrons. The highest BCUT2D eigenvalue weighted by atomic mass is 16.7. The van der Waals surface area contributed by atoms with E-state index >= 15 is 0 Å². The van der Waals surface area contributed by atoms with Gasteiger partial charge in [0.1, 0.15) is 0 Å². The number of rotatable bonds is 5. The normalized spacial score (nSPS) is 10.3. The van der Waals surface area contributed by atoms with Crippen LogP contribution < -0.4 is 5.73 Å². The minimum atomic E-state index is -0.678. The number of nitrogens with zero attached hydrogens (tertiary/aromatic N) is 1. The molecule has 0 aliphatic rings. The minimum absolute atomic E-state index is 0.529. The van der Waals surface area contributed by atoms with Gasteiger partial charge in [-0.15, -0.1) is 0 Å². The van der Waals surface area contributed by atoms with E-state index in [0.717, 1.165) is 6.42 Å². The van der Waals surface area contributed by atoms with E-state index < -0.39 is 12.4 Å². The Balaban J connectivity index is 4.15. The number of urea groups is 1. The first-order valence-corrected chi connectivity index (χ1v) is 3.79. The first-order chi connectivity index (χ1) is 5.67. The van der Waals surface area contributed by atoms with Crippen LogP contribution in [0, 0.1) is 0 Å². The molecule has 0 radical (unpaired) electrons. The summed E-state index contributed by atoms with van der Waals surface area (Å²) in [7, 11) is 2.92. The highest BCUT2D eigenvalue weighted by Gasteiger charge is 2.19. The molecule has 0 aromatic rings. The maximum absolute atomic E-state index is 10.8. The van der Waals surface area contributed by atoms with Crippen molar-refractivity contribution in [2.45, 2.75) is 19.8 Å². The second-order valence-electron chi connectivity index (χ2n) is 2.31. The predicted octanol–water partition coefficient (Wildman–Crippen LogP) is 0.353. The van der Waals surface area contributed by atoms with Crippen LogP contribution >= 0.6 is 0 Å². The quantitative estimate of drug-likeness (QED) is 0.615. The number of hydrogen-bond donors (Lipinski definition) is 1. The monoisotopic (exact) mass is 176 g/mol. The SMILES string of the molecule is CCCN(C(N)=O)C(OC)OC. The summed E-state index contributed by atoms with van der Waals surface area (Å²) < 4.78 is 9.76. The summed E-state index contributed by atoms with van der Waals surface area (Å²) in [6, 6.07) is -0.537. The van der Waals surface area contributed by atoms with Gasteiger partial charge in [0.15, 0.2) is 0 Å². The summed E-state index contributed by atoms with van der Waals surface area (Å²) in [5.74, 6) is 0. The summed E-state index contributed by atoms with van der Waals surface area (Å²) >= 11 is 0. The topological polar surface area (TPSA) is 64.8 Å². The van der Waals surface area contributed by atoms with Gasteiger partial charge in [0, 0.05) is 20.8 Å². The van der Waals surface area contributed by atoms with E-state index in [1.165, 1.54) is 19.1 Å². The van der Waals surface area contributed by atoms with Crippen LogP contribution in [0.5, 0.6) is 0 Å².